The van der Waals surface area contributed by atoms with Crippen LogP contribution in [0.15, 0.2) is 78.5 Å². The van der Waals surface area contributed by atoms with Gasteiger partial charge in [-0.05, 0) is 54.0 Å². The Morgan fingerprint density at radius 1 is 0.971 bits per heavy atom. The van der Waals surface area contributed by atoms with Gasteiger partial charge in [0.05, 0.1) is 18.3 Å². The van der Waals surface area contributed by atoms with E-state index in [-0.39, 0.29) is 17.9 Å². The van der Waals surface area contributed by atoms with Gasteiger partial charge in [0.1, 0.15) is 12.3 Å². The van der Waals surface area contributed by atoms with E-state index in [1.54, 1.807) is 66.7 Å². The van der Waals surface area contributed by atoms with E-state index in [1.165, 1.54) is 12.1 Å². The summed E-state index contributed by atoms with van der Waals surface area (Å²) in [6, 6.07) is 19.6. The van der Waals surface area contributed by atoms with Crippen molar-refractivity contribution in [3.63, 3.8) is 0 Å². The third-order valence-electron chi connectivity index (χ3n) is 5.06. The summed E-state index contributed by atoms with van der Waals surface area (Å²) < 4.78 is 11.6. The molecule has 1 fully saturated rings. The molecule has 3 aromatic rings. The molecule has 34 heavy (non-hydrogen) atoms. The highest BCUT2D eigenvalue weighted by Crippen LogP contribution is 2.31. The molecule has 0 unspecified atom stereocenters. The van der Waals surface area contributed by atoms with Crippen LogP contribution in [0, 0.1) is 0 Å². The Bertz CT molecular complexity index is 1250. The minimum atomic E-state index is -1.24. The SMILES string of the molecule is CCOc1cc(/C=C2/NC(=O)N(c3ccccc3)C2=O)ccc1OCc1ccc(C(=O)[O-])cc1. The van der Waals surface area contributed by atoms with Gasteiger partial charge in [-0.25, -0.2) is 9.69 Å². The highest BCUT2D eigenvalue weighted by atomic mass is 16.5. The highest BCUT2D eigenvalue weighted by Gasteiger charge is 2.34. The zero-order valence-electron chi connectivity index (χ0n) is 18.3. The number of carboxylic acids is 1. The van der Waals surface area contributed by atoms with E-state index >= 15 is 0 Å². The Balaban J connectivity index is 1.52. The van der Waals surface area contributed by atoms with Crippen LogP contribution in [-0.4, -0.2) is 24.5 Å². The lowest BCUT2D eigenvalue weighted by molar-refractivity contribution is -0.255. The third kappa shape index (κ3) is 4.91. The second kappa shape index (κ2) is 9.91. The number of para-hydroxylation sites is 1. The molecule has 1 aliphatic rings. The summed E-state index contributed by atoms with van der Waals surface area (Å²) in [7, 11) is 0. The lowest BCUT2D eigenvalue weighted by Crippen LogP contribution is -2.30. The largest absolute Gasteiger partial charge is 0.545 e. The zero-order valence-corrected chi connectivity index (χ0v) is 18.3. The summed E-state index contributed by atoms with van der Waals surface area (Å²) >= 11 is 0. The van der Waals surface area contributed by atoms with Gasteiger partial charge in [-0.2, -0.15) is 0 Å². The molecule has 8 nitrogen and oxygen atoms in total. The Morgan fingerprint density at radius 3 is 2.38 bits per heavy atom. The lowest BCUT2D eigenvalue weighted by atomic mass is 10.1. The summed E-state index contributed by atoms with van der Waals surface area (Å²) in [5.74, 6) is -0.727. The topological polar surface area (TPSA) is 108 Å². The smallest absolute Gasteiger partial charge is 0.333 e. The first-order chi connectivity index (χ1) is 16.5. The first-order valence-electron chi connectivity index (χ1n) is 10.6. The van der Waals surface area contributed by atoms with Crippen LogP contribution in [-0.2, 0) is 11.4 Å². The van der Waals surface area contributed by atoms with Gasteiger partial charge in [0.25, 0.3) is 5.91 Å². The van der Waals surface area contributed by atoms with Crippen LogP contribution in [0.5, 0.6) is 11.5 Å². The van der Waals surface area contributed by atoms with Crippen LogP contribution < -0.4 is 24.8 Å². The second-order valence-electron chi connectivity index (χ2n) is 7.38. The Morgan fingerprint density at radius 2 is 1.71 bits per heavy atom. The van der Waals surface area contributed by atoms with Gasteiger partial charge in [-0.1, -0.05) is 48.5 Å². The fourth-order valence-electron chi connectivity index (χ4n) is 3.41. The van der Waals surface area contributed by atoms with Gasteiger partial charge in [-0.3, -0.25) is 4.79 Å². The predicted octanol–water partition coefficient (Wildman–Crippen LogP) is 3.13. The van der Waals surface area contributed by atoms with E-state index in [2.05, 4.69) is 5.32 Å². The molecule has 1 heterocycles. The average Bonchev–Trinajstić information content (AvgIpc) is 3.12. The fourth-order valence-corrected chi connectivity index (χ4v) is 3.41. The summed E-state index contributed by atoms with van der Waals surface area (Å²) in [4.78, 5) is 37.1. The highest BCUT2D eigenvalue weighted by molar-refractivity contribution is 6.28. The van der Waals surface area contributed by atoms with Crippen molar-refractivity contribution in [2.45, 2.75) is 13.5 Å². The van der Waals surface area contributed by atoms with Gasteiger partial charge in [0.2, 0.25) is 0 Å². The van der Waals surface area contributed by atoms with Gasteiger partial charge in [-0.15, -0.1) is 0 Å². The molecule has 3 amide bonds. The molecule has 0 radical (unpaired) electrons. The number of benzene rings is 3. The van der Waals surface area contributed by atoms with Crippen LogP contribution in [0.2, 0.25) is 0 Å². The van der Waals surface area contributed by atoms with Crippen LogP contribution in [0.3, 0.4) is 0 Å². The quantitative estimate of drug-likeness (QED) is 0.411. The molecule has 0 aliphatic carbocycles. The molecule has 1 N–H and O–H groups in total. The summed E-state index contributed by atoms with van der Waals surface area (Å²) in [5.41, 5.74) is 2.15. The van der Waals surface area contributed by atoms with Crippen LogP contribution in [0.25, 0.3) is 6.08 Å². The molecule has 8 heteroatoms. The normalized spacial score (nSPS) is 14.3. The maximum Gasteiger partial charge on any atom is 0.333 e. The number of amides is 3. The van der Waals surface area contributed by atoms with E-state index in [0.717, 1.165) is 10.5 Å². The van der Waals surface area contributed by atoms with Crippen molar-refractivity contribution in [1.82, 2.24) is 5.32 Å². The van der Waals surface area contributed by atoms with Gasteiger partial charge < -0.3 is 24.7 Å². The minimum absolute atomic E-state index is 0.0931. The number of carbonyl (C=O) groups is 3. The molecular formula is C26H21N2O6-. The second-order valence-corrected chi connectivity index (χ2v) is 7.38. The van der Waals surface area contributed by atoms with E-state index in [1.807, 2.05) is 6.92 Å². The molecule has 172 valence electrons. The van der Waals surface area contributed by atoms with Crippen molar-refractivity contribution in [3.8, 4) is 11.5 Å². The maximum absolute atomic E-state index is 12.8. The number of carboxylic acid groups (broad SMARTS) is 1. The van der Waals surface area contributed by atoms with Crippen LogP contribution in [0.4, 0.5) is 10.5 Å². The molecule has 1 aliphatic heterocycles. The van der Waals surface area contributed by atoms with Gasteiger partial charge in [0.15, 0.2) is 11.5 Å². The molecule has 0 aromatic heterocycles. The molecule has 1 saturated heterocycles. The Labute approximate surface area is 196 Å². The number of imide groups is 1. The number of urea groups is 1. The van der Waals surface area contributed by atoms with Crippen molar-refractivity contribution in [1.29, 1.82) is 0 Å². The third-order valence-corrected chi connectivity index (χ3v) is 5.06. The number of nitrogens with one attached hydrogen (secondary N) is 1. The monoisotopic (exact) mass is 457 g/mol. The van der Waals surface area contributed by atoms with Gasteiger partial charge >= 0.3 is 6.03 Å². The van der Waals surface area contributed by atoms with E-state index in [9.17, 15) is 19.5 Å². The van der Waals surface area contributed by atoms with Crippen LogP contribution >= 0.6 is 0 Å². The zero-order chi connectivity index (χ0) is 24.1. The van der Waals surface area contributed by atoms with E-state index < -0.39 is 17.9 Å². The van der Waals surface area contributed by atoms with Crippen LogP contribution in [0.1, 0.15) is 28.4 Å². The Hall–Kier alpha value is -4.59. The van der Waals surface area contributed by atoms with Crippen molar-refractivity contribution in [2.75, 3.05) is 11.5 Å². The maximum atomic E-state index is 12.8. The number of anilines is 1. The molecule has 0 spiro atoms. The number of ether oxygens (including phenoxy) is 2. The molecule has 4 rings (SSSR count). The number of nitrogens with zero attached hydrogens (tertiary/aromatic N) is 1. The fraction of sp³-hybridized carbons (Fsp3) is 0.115. The predicted molar refractivity (Wildman–Crippen MR) is 123 cm³/mol. The number of carbonyl (C=O) groups excluding carboxylic acids is 3. The van der Waals surface area contributed by atoms with E-state index in [0.29, 0.717) is 29.4 Å². The minimum Gasteiger partial charge on any atom is -0.545 e. The summed E-state index contributed by atoms with van der Waals surface area (Å²) in [6.07, 6.45) is 1.58. The number of aromatic carboxylic acids is 1. The van der Waals surface area contributed by atoms with Crippen molar-refractivity contribution in [3.05, 3.63) is 95.2 Å². The molecule has 0 saturated carbocycles. The number of hydrogen-bond donors (Lipinski definition) is 1. The summed E-state index contributed by atoms with van der Waals surface area (Å²) in [5, 5.41) is 13.5. The molecule has 0 bridgehead atoms. The standard InChI is InChI=1S/C26H22N2O6/c1-2-33-23-15-18(10-13-22(23)34-16-17-8-11-19(12-9-17)25(30)31)14-21-24(29)28(26(32)27-21)20-6-4-3-5-7-20/h3-15H,2,16H2,1H3,(H,27,32)(H,30,31)/p-1/b21-14+. The number of rotatable bonds is 8. The Kier molecular flexibility index (Phi) is 6.59. The average molecular weight is 457 g/mol. The molecular weight excluding hydrogens is 436 g/mol. The van der Waals surface area contributed by atoms with Crippen molar-refractivity contribution >= 4 is 29.7 Å². The van der Waals surface area contributed by atoms with Crippen molar-refractivity contribution in [2.24, 2.45) is 0 Å². The van der Waals surface area contributed by atoms with Crippen molar-refractivity contribution < 1.29 is 29.0 Å². The van der Waals surface area contributed by atoms with E-state index in [4.69, 9.17) is 9.47 Å². The molecule has 0 atom stereocenters. The first-order valence-corrected chi connectivity index (χ1v) is 10.6. The lowest BCUT2D eigenvalue weighted by Gasteiger charge is -2.13. The number of hydrogen-bond acceptors (Lipinski definition) is 6. The first kappa shape index (κ1) is 22.6. The molecule has 3 aromatic carbocycles. The van der Waals surface area contributed by atoms with Gasteiger partial charge in [0, 0.05) is 0 Å². The summed E-state index contributed by atoms with van der Waals surface area (Å²) in [6.45, 7) is 2.44.